The molecule has 20 heavy (non-hydrogen) atoms. The van der Waals surface area contributed by atoms with E-state index in [4.69, 9.17) is 4.74 Å². The van der Waals surface area contributed by atoms with Gasteiger partial charge in [-0.2, -0.15) is 0 Å². The third-order valence-corrected chi connectivity index (χ3v) is 2.50. The van der Waals surface area contributed by atoms with Crippen LogP contribution in [0.15, 0.2) is 36.7 Å². The summed E-state index contributed by atoms with van der Waals surface area (Å²) in [6.07, 6.45) is 4.27. The molecule has 5 heteroatoms. The van der Waals surface area contributed by atoms with Gasteiger partial charge in [-0.1, -0.05) is 23.8 Å². The van der Waals surface area contributed by atoms with Gasteiger partial charge in [-0.15, -0.1) is 5.10 Å². The second-order valence-electron chi connectivity index (χ2n) is 4.72. The van der Waals surface area contributed by atoms with Crippen LogP contribution in [-0.4, -0.2) is 26.8 Å². The Morgan fingerprint density at radius 1 is 1.40 bits per heavy atom. The van der Waals surface area contributed by atoms with E-state index < -0.39 is 5.97 Å². The maximum absolute atomic E-state index is 11.4. The largest absolute Gasteiger partial charge is 0.460 e. The van der Waals surface area contributed by atoms with Crippen molar-refractivity contribution in [1.82, 2.24) is 14.8 Å². The summed E-state index contributed by atoms with van der Waals surface area (Å²) >= 11 is 0. The molecule has 0 N–H and O–H groups in total. The first kappa shape index (κ1) is 14.0. The molecule has 0 fully saturated rings. The Balaban J connectivity index is 2.10. The first-order valence-corrected chi connectivity index (χ1v) is 6.41. The first-order valence-electron chi connectivity index (χ1n) is 6.41. The summed E-state index contributed by atoms with van der Waals surface area (Å²) in [4.78, 5) is 15.6. The second-order valence-corrected chi connectivity index (χ2v) is 4.72. The predicted octanol–water partition coefficient (Wildman–Crippen LogP) is 2.68. The molecule has 0 bridgehead atoms. The van der Waals surface area contributed by atoms with Crippen molar-refractivity contribution in [2.24, 2.45) is 0 Å². The topological polar surface area (TPSA) is 57.0 Å². The standard InChI is InChI=1S/C15H17N3O2/c1-11(2)20-14(19)7-8-18-10-16-15(17-18)13-6-4-5-12(3)9-13/h4-11H,1-3H3/b8-7-. The molecule has 0 spiro atoms. The van der Waals surface area contributed by atoms with Crippen LogP contribution in [0.4, 0.5) is 0 Å². The number of carbonyl (C=O) groups is 1. The average Bonchev–Trinajstić information content (AvgIpc) is 2.84. The fourth-order valence-electron chi connectivity index (χ4n) is 1.67. The van der Waals surface area contributed by atoms with E-state index in [0.29, 0.717) is 5.82 Å². The lowest BCUT2D eigenvalue weighted by Crippen LogP contribution is -2.08. The van der Waals surface area contributed by atoms with Gasteiger partial charge in [0.2, 0.25) is 0 Å². The van der Waals surface area contributed by atoms with Gasteiger partial charge in [-0.05, 0) is 26.8 Å². The van der Waals surface area contributed by atoms with Crippen molar-refractivity contribution in [2.45, 2.75) is 26.9 Å². The molecule has 0 saturated heterocycles. The Morgan fingerprint density at radius 3 is 2.90 bits per heavy atom. The molecule has 0 aliphatic heterocycles. The average molecular weight is 271 g/mol. The monoisotopic (exact) mass is 271 g/mol. The SMILES string of the molecule is Cc1cccc(-c2ncn(/C=C\C(=O)OC(C)C)n2)c1. The molecule has 2 rings (SSSR count). The molecule has 0 unspecified atom stereocenters. The molecular weight excluding hydrogens is 254 g/mol. The minimum Gasteiger partial charge on any atom is -0.460 e. The quantitative estimate of drug-likeness (QED) is 0.633. The molecule has 5 nitrogen and oxygen atoms in total. The van der Waals surface area contributed by atoms with E-state index in [2.05, 4.69) is 10.1 Å². The predicted molar refractivity (Wildman–Crippen MR) is 76.8 cm³/mol. The third kappa shape index (κ3) is 3.78. The van der Waals surface area contributed by atoms with E-state index in [9.17, 15) is 4.79 Å². The van der Waals surface area contributed by atoms with Crippen LogP contribution >= 0.6 is 0 Å². The Kier molecular flexibility index (Phi) is 4.30. The lowest BCUT2D eigenvalue weighted by atomic mass is 10.1. The fraction of sp³-hybridized carbons (Fsp3) is 0.267. The second kappa shape index (κ2) is 6.14. The van der Waals surface area contributed by atoms with Crippen LogP contribution in [0.25, 0.3) is 17.6 Å². The number of hydrogen-bond acceptors (Lipinski definition) is 4. The van der Waals surface area contributed by atoms with Crippen LogP contribution in [0.2, 0.25) is 0 Å². The lowest BCUT2D eigenvalue weighted by molar-refractivity contribution is -0.141. The Labute approximate surface area is 117 Å². The zero-order valence-electron chi connectivity index (χ0n) is 11.8. The summed E-state index contributed by atoms with van der Waals surface area (Å²) in [5.74, 6) is 0.225. The van der Waals surface area contributed by atoms with Gasteiger partial charge in [0.05, 0.1) is 6.10 Å². The highest BCUT2D eigenvalue weighted by molar-refractivity contribution is 5.85. The number of benzene rings is 1. The summed E-state index contributed by atoms with van der Waals surface area (Å²) in [6.45, 7) is 5.62. The molecule has 0 radical (unpaired) electrons. The van der Waals surface area contributed by atoms with Gasteiger partial charge < -0.3 is 4.74 Å². The maximum atomic E-state index is 11.4. The van der Waals surface area contributed by atoms with Crippen molar-refractivity contribution in [3.05, 3.63) is 42.2 Å². The lowest BCUT2D eigenvalue weighted by Gasteiger charge is -2.03. The molecule has 0 aliphatic carbocycles. The number of hydrogen-bond donors (Lipinski definition) is 0. The number of aryl methyl sites for hydroxylation is 1. The summed E-state index contributed by atoms with van der Waals surface area (Å²) in [6, 6.07) is 7.93. The number of carbonyl (C=O) groups excluding carboxylic acids is 1. The van der Waals surface area contributed by atoms with Crippen molar-refractivity contribution in [1.29, 1.82) is 0 Å². The molecule has 0 aliphatic rings. The van der Waals surface area contributed by atoms with Crippen molar-refractivity contribution < 1.29 is 9.53 Å². The van der Waals surface area contributed by atoms with Gasteiger partial charge >= 0.3 is 5.97 Å². The Hall–Kier alpha value is -2.43. The van der Waals surface area contributed by atoms with E-state index in [0.717, 1.165) is 11.1 Å². The zero-order chi connectivity index (χ0) is 14.5. The highest BCUT2D eigenvalue weighted by atomic mass is 16.5. The van der Waals surface area contributed by atoms with Gasteiger partial charge in [0, 0.05) is 17.8 Å². The van der Waals surface area contributed by atoms with Crippen LogP contribution in [0.5, 0.6) is 0 Å². The van der Waals surface area contributed by atoms with Gasteiger partial charge in [0.15, 0.2) is 5.82 Å². The molecule has 1 heterocycles. The third-order valence-electron chi connectivity index (χ3n) is 2.50. The highest BCUT2D eigenvalue weighted by Gasteiger charge is 2.04. The number of nitrogens with zero attached hydrogens (tertiary/aromatic N) is 3. The summed E-state index contributed by atoms with van der Waals surface area (Å²) in [5.41, 5.74) is 2.09. The van der Waals surface area contributed by atoms with Gasteiger partial charge in [-0.3, -0.25) is 0 Å². The molecule has 104 valence electrons. The van der Waals surface area contributed by atoms with Crippen LogP contribution in [0.1, 0.15) is 19.4 Å². The molecular formula is C15H17N3O2. The molecule has 2 aromatic rings. The van der Waals surface area contributed by atoms with Crippen molar-refractivity contribution in [3.8, 4) is 11.4 Å². The minimum atomic E-state index is -0.396. The van der Waals surface area contributed by atoms with Crippen molar-refractivity contribution in [3.63, 3.8) is 0 Å². The van der Waals surface area contributed by atoms with Crippen molar-refractivity contribution >= 4 is 12.2 Å². The van der Waals surface area contributed by atoms with Gasteiger partial charge in [0.1, 0.15) is 6.33 Å². The fourth-order valence-corrected chi connectivity index (χ4v) is 1.67. The molecule has 0 saturated carbocycles. The minimum absolute atomic E-state index is 0.134. The van der Waals surface area contributed by atoms with Crippen LogP contribution in [0, 0.1) is 6.92 Å². The molecule has 1 aromatic carbocycles. The van der Waals surface area contributed by atoms with E-state index >= 15 is 0 Å². The van der Waals surface area contributed by atoms with E-state index in [1.54, 1.807) is 20.2 Å². The van der Waals surface area contributed by atoms with E-state index in [1.807, 2.05) is 31.2 Å². The number of aromatic nitrogens is 3. The summed E-state index contributed by atoms with van der Waals surface area (Å²) < 4.78 is 6.48. The normalized spacial score (nSPS) is 11.2. The van der Waals surface area contributed by atoms with Crippen LogP contribution in [0.3, 0.4) is 0 Å². The molecule has 0 atom stereocenters. The van der Waals surface area contributed by atoms with E-state index in [1.165, 1.54) is 17.0 Å². The molecule has 1 aromatic heterocycles. The summed E-state index contributed by atoms with van der Waals surface area (Å²) in [7, 11) is 0. The van der Waals surface area contributed by atoms with Crippen LogP contribution in [-0.2, 0) is 9.53 Å². The zero-order valence-corrected chi connectivity index (χ0v) is 11.8. The number of ether oxygens (including phenoxy) is 1. The Bertz CT molecular complexity index is 630. The maximum Gasteiger partial charge on any atom is 0.332 e. The van der Waals surface area contributed by atoms with Gasteiger partial charge in [0.25, 0.3) is 0 Å². The van der Waals surface area contributed by atoms with Crippen molar-refractivity contribution in [2.75, 3.05) is 0 Å². The van der Waals surface area contributed by atoms with E-state index in [-0.39, 0.29) is 6.10 Å². The van der Waals surface area contributed by atoms with Gasteiger partial charge in [-0.25, -0.2) is 14.5 Å². The number of esters is 1. The molecule has 0 amide bonds. The summed E-state index contributed by atoms with van der Waals surface area (Å²) in [5, 5.41) is 4.28. The first-order chi connectivity index (χ1) is 9.54. The van der Waals surface area contributed by atoms with Crippen LogP contribution < -0.4 is 0 Å². The Morgan fingerprint density at radius 2 is 2.20 bits per heavy atom. The highest BCUT2D eigenvalue weighted by Crippen LogP contribution is 2.15. The smallest absolute Gasteiger partial charge is 0.332 e. The number of rotatable bonds is 4.